The number of carbonyl (C=O) groups is 2. The Kier molecular flexibility index (Phi) is 6.29. The Bertz CT molecular complexity index is 876. The maximum atomic E-state index is 12.4. The minimum atomic E-state index is -1.46. The molecular formula is C15H17B2ClN4O5. The van der Waals surface area contributed by atoms with Crippen molar-refractivity contribution in [2.45, 2.75) is 5.52 Å². The van der Waals surface area contributed by atoms with Gasteiger partial charge in [0.25, 0.3) is 5.91 Å². The van der Waals surface area contributed by atoms with Gasteiger partial charge in [-0.25, -0.2) is 4.79 Å². The summed E-state index contributed by atoms with van der Waals surface area (Å²) in [6, 6.07) is 6.18. The number of carbonyl (C=O) groups excluding carboxylic acids is 2. The Morgan fingerprint density at radius 2 is 1.93 bits per heavy atom. The van der Waals surface area contributed by atoms with Gasteiger partial charge >= 0.3 is 5.97 Å². The molecule has 0 radical (unpaired) electrons. The van der Waals surface area contributed by atoms with Crippen molar-refractivity contribution in [1.82, 2.24) is 15.5 Å². The van der Waals surface area contributed by atoms with Crippen LogP contribution in [0.25, 0.3) is 0 Å². The molecule has 0 unspecified atom stereocenters. The van der Waals surface area contributed by atoms with Crippen LogP contribution < -0.4 is 15.4 Å². The number of para-hydroxylation sites is 1. The fraction of sp³-hybridized carbons (Fsp3) is 0.200. The number of ether oxygens (including phenoxy) is 2. The Hall–Kier alpha value is -2.78. The van der Waals surface area contributed by atoms with Crippen LogP contribution in [0.3, 0.4) is 0 Å². The minimum absolute atomic E-state index is 0.0420. The molecule has 1 aromatic heterocycles. The van der Waals surface area contributed by atoms with Crippen LogP contribution in [-0.2, 0) is 4.74 Å². The normalized spacial score (nSPS) is 10.8. The molecule has 3 N–H and O–H groups in total. The Balaban J connectivity index is 2.47. The lowest BCUT2D eigenvalue weighted by atomic mass is 9.73. The lowest BCUT2D eigenvalue weighted by Gasteiger charge is -2.20. The van der Waals surface area contributed by atoms with Crippen LogP contribution in [0.4, 0.5) is 11.4 Å². The molecule has 0 fully saturated rings. The molecule has 0 bridgehead atoms. The van der Waals surface area contributed by atoms with E-state index in [1.807, 2.05) is 0 Å². The van der Waals surface area contributed by atoms with Crippen molar-refractivity contribution in [1.29, 1.82) is 0 Å². The molecule has 1 aromatic carbocycles. The summed E-state index contributed by atoms with van der Waals surface area (Å²) in [5, 5.41) is 22.6. The zero-order chi connectivity index (χ0) is 20.2. The van der Waals surface area contributed by atoms with Crippen molar-refractivity contribution >= 4 is 50.5 Å². The van der Waals surface area contributed by atoms with E-state index in [0.717, 1.165) is 0 Å². The van der Waals surface area contributed by atoms with E-state index in [1.54, 1.807) is 12.1 Å². The van der Waals surface area contributed by atoms with Gasteiger partial charge in [-0.2, -0.15) is 0 Å². The van der Waals surface area contributed by atoms with Gasteiger partial charge in [-0.05, 0) is 12.1 Å². The standard InChI is InChI=1S/C15H17B2ClN4O5/c1-26-12-7(14(24)27-2)4-3-5-8(12)19-9-6-10(18)21-22-11(9)13(23)20-15(16,17)25/h3-6,25H,16-17H2,1-2H3,(H,19,21)(H,20,23). The van der Waals surface area contributed by atoms with Gasteiger partial charge in [-0.15, -0.1) is 10.2 Å². The molecule has 0 aliphatic carbocycles. The molecule has 0 saturated heterocycles. The molecule has 12 heteroatoms. The second kappa shape index (κ2) is 8.28. The van der Waals surface area contributed by atoms with Crippen molar-refractivity contribution in [2.75, 3.05) is 19.5 Å². The Morgan fingerprint density at radius 1 is 1.22 bits per heavy atom. The van der Waals surface area contributed by atoms with Crippen LogP contribution in [0.15, 0.2) is 24.3 Å². The van der Waals surface area contributed by atoms with Crippen molar-refractivity contribution in [2.24, 2.45) is 0 Å². The third-order valence-corrected chi connectivity index (χ3v) is 3.48. The van der Waals surface area contributed by atoms with E-state index < -0.39 is 17.4 Å². The highest BCUT2D eigenvalue weighted by atomic mass is 35.5. The van der Waals surface area contributed by atoms with Crippen LogP contribution in [0.5, 0.6) is 5.75 Å². The lowest BCUT2D eigenvalue weighted by Crippen LogP contribution is -2.49. The molecular weight excluding hydrogens is 373 g/mol. The Labute approximate surface area is 162 Å². The number of rotatable bonds is 6. The van der Waals surface area contributed by atoms with E-state index in [1.165, 1.54) is 42.0 Å². The molecule has 1 amide bonds. The second-order valence-electron chi connectivity index (χ2n) is 5.95. The smallest absolute Gasteiger partial charge is 0.341 e. The van der Waals surface area contributed by atoms with E-state index in [-0.39, 0.29) is 27.8 Å². The maximum Gasteiger partial charge on any atom is 0.341 e. The van der Waals surface area contributed by atoms with Gasteiger partial charge in [-0.3, -0.25) is 4.79 Å². The van der Waals surface area contributed by atoms with Crippen LogP contribution >= 0.6 is 11.6 Å². The molecule has 0 aliphatic rings. The van der Waals surface area contributed by atoms with E-state index in [4.69, 9.17) is 21.1 Å². The second-order valence-corrected chi connectivity index (χ2v) is 6.33. The molecule has 0 aliphatic heterocycles. The fourth-order valence-electron chi connectivity index (χ4n) is 2.24. The monoisotopic (exact) mass is 390 g/mol. The molecule has 0 saturated carbocycles. The molecule has 2 rings (SSSR count). The summed E-state index contributed by atoms with van der Waals surface area (Å²) >= 11 is 5.90. The van der Waals surface area contributed by atoms with Gasteiger partial charge in [0.2, 0.25) is 0 Å². The molecule has 0 spiro atoms. The van der Waals surface area contributed by atoms with E-state index in [2.05, 4.69) is 20.8 Å². The van der Waals surface area contributed by atoms with Gasteiger partial charge in [0.15, 0.2) is 32.3 Å². The summed E-state index contributed by atoms with van der Waals surface area (Å²) < 4.78 is 10.0. The highest BCUT2D eigenvalue weighted by Crippen LogP contribution is 2.33. The number of methoxy groups -OCH3 is 2. The topological polar surface area (TPSA) is 123 Å². The summed E-state index contributed by atoms with van der Waals surface area (Å²) in [6.07, 6.45) is 0. The summed E-state index contributed by atoms with van der Waals surface area (Å²) in [5.41, 5.74) is -0.787. The molecule has 0 atom stereocenters. The number of hydrogen-bond donors (Lipinski definition) is 3. The van der Waals surface area contributed by atoms with Crippen molar-refractivity contribution in [3.63, 3.8) is 0 Å². The van der Waals surface area contributed by atoms with Crippen molar-refractivity contribution in [3.05, 3.63) is 40.7 Å². The number of amides is 1. The molecule has 9 nitrogen and oxygen atoms in total. The molecule has 1 heterocycles. The molecule has 2 aromatic rings. The number of anilines is 2. The highest BCUT2D eigenvalue weighted by Gasteiger charge is 2.23. The first-order valence-electron chi connectivity index (χ1n) is 7.76. The number of aliphatic hydroxyl groups is 1. The first kappa shape index (κ1) is 20.5. The molecule has 27 heavy (non-hydrogen) atoms. The number of benzene rings is 1. The van der Waals surface area contributed by atoms with Crippen LogP contribution in [-0.4, -0.2) is 62.6 Å². The SMILES string of the molecule is BC(B)(O)NC(=O)c1nnc(Cl)cc1Nc1cccc(C(=O)OC)c1OC. The van der Waals surface area contributed by atoms with E-state index >= 15 is 0 Å². The highest BCUT2D eigenvalue weighted by molar-refractivity contribution is 6.39. The van der Waals surface area contributed by atoms with Crippen LogP contribution in [0.2, 0.25) is 5.15 Å². The van der Waals surface area contributed by atoms with Gasteiger partial charge < -0.3 is 25.2 Å². The summed E-state index contributed by atoms with van der Waals surface area (Å²) in [4.78, 5) is 24.3. The average Bonchev–Trinajstić information content (AvgIpc) is 2.59. The third kappa shape index (κ3) is 5.11. The van der Waals surface area contributed by atoms with E-state index in [0.29, 0.717) is 5.69 Å². The van der Waals surface area contributed by atoms with E-state index in [9.17, 15) is 14.7 Å². The number of nitrogens with zero attached hydrogens (tertiary/aromatic N) is 2. The quantitative estimate of drug-likeness (QED) is 0.335. The predicted molar refractivity (Wildman–Crippen MR) is 104 cm³/mol. The summed E-state index contributed by atoms with van der Waals surface area (Å²) in [7, 11) is 5.47. The fourth-order valence-corrected chi connectivity index (χ4v) is 2.39. The van der Waals surface area contributed by atoms with Gasteiger partial charge in [0.05, 0.1) is 31.1 Å². The van der Waals surface area contributed by atoms with Crippen molar-refractivity contribution in [3.8, 4) is 5.75 Å². The first-order valence-corrected chi connectivity index (χ1v) is 8.14. The van der Waals surface area contributed by atoms with Crippen LogP contribution in [0, 0.1) is 0 Å². The van der Waals surface area contributed by atoms with Gasteiger partial charge in [-0.1, -0.05) is 17.7 Å². The first-order chi connectivity index (χ1) is 12.7. The number of nitrogens with one attached hydrogen (secondary N) is 2. The van der Waals surface area contributed by atoms with Crippen molar-refractivity contribution < 1.29 is 24.2 Å². The predicted octanol–water partition coefficient (Wildman–Crippen LogP) is -0.732. The van der Waals surface area contributed by atoms with Gasteiger partial charge in [0.1, 0.15) is 5.56 Å². The molecule has 140 valence electrons. The lowest BCUT2D eigenvalue weighted by molar-refractivity contribution is 0.0596. The maximum absolute atomic E-state index is 12.4. The summed E-state index contributed by atoms with van der Waals surface area (Å²) in [5.74, 6) is -1.04. The van der Waals surface area contributed by atoms with Crippen LogP contribution in [0.1, 0.15) is 20.8 Å². The summed E-state index contributed by atoms with van der Waals surface area (Å²) in [6.45, 7) is 0. The number of hydrogen-bond acceptors (Lipinski definition) is 8. The minimum Gasteiger partial charge on any atom is -0.494 e. The zero-order valence-corrected chi connectivity index (χ0v) is 15.9. The number of halogens is 1. The third-order valence-electron chi connectivity index (χ3n) is 3.29. The Morgan fingerprint density at radius 3 is 2.52 bits per heavy atom. The number of esters is 1. The number of aromatic nitrogens is 2. The average molecular weight is 390 g/mol. The zero-order valence-electron chi connectivity index (χ0n) is 15.2. The largest absolute Gasteiger partial charge is 0.494 e. The van der Waals surface area contributed by atoms with Gasteiger partial charge in [0, 0.05) is 6.07 Å².